The molecule has 9 heteroatoms. The zero-order valence-electron chi connectivity index (χ0n) is 14.4. The Morgan fingerprint density at radius 2 is 1.96 bits per heavy atom. The Kier molecular flexibility index (Phi) is 4.53. The highest BCUT2D eigenvalue weighted by atomic mass is 16.6. The molecule has 2 N–H and O–H groups in total. The van der Waals surface area contributed by atoms with Crippen LogP contribution in [0, 0.1) is 0 Å². The van der Waals surface area contributed by atoms with Gasteiger partial charge in [0.15, 0.2) is 11.4 Å². The molecule has 2 aromatic heterocycles. The number of benzene rings is 1. The van der Waals surface area contributed by atoms with Gasteiger partial charge in [0.2, 0.25) is 0 Å². The van der Waals surface area contributed by atoms with E-state index in [1.54, 1.807) is 39.0 Å². The maximum absolute atomic E-state index is 12.2. The molecular weight excluding hydrogens is 338 g/mol. The largest absolute Gasteiger partial charge is 0.444 e. The van der Waals surface area contributed by atoms with E-state index in [2.05, 4.69) is 25.8 Å². The first-order chi connectivity index (χ1) is 12.3. The van der Waals surface area contributed by atoms with Crippen molar-refractivity contribution in [3.8, 4) is 0 Å². The van der Waals surface area contributed by atoms with Crippen molar-refractivity contribution >= 4 is 34.5 Å². The third kappa shape index (κ3) is 4.12. The summed E-state index contributed by atoms with van der Waals surface area (Å²) in [5.74, 6) is -0.262. The van der Waals surface area contributed by atoms with E-state index in [1.807, 2.05) is 0 Å². The zero-order valence-corrected chi connectivity index (χ0v) is 14.4. The second-order valence-corrected chi connectivity index (χ2v) is 6.41. The molecule has 0 saturated heterocycles. The van der Waals surface area contributed by atoms with Crippen molar-refractivity contribution in [2.24, 2.45) is 0 Å². The number of anilines is 2. The van der Waals surface area contributed by atoms with E-state index >= 15 is 0 Å². The molecule has 0 fully saturated rings. The molecule has 0 bridgehead atoms. The number of amides is 2. The van der Waals surface area contributed by atoms with Crippen LogP contribution in [0.2, 0.25) is 0 Å². The summed E-state index contributed by atoms with van der Waals surface area (Å²) in [6, 6.07) is 4.90. The van der Waals surface area contributed by atoms with E-state index < -0.39 is 17.6 Å². The molecule has 2 heterocycles. The second kappa shape index (κ2) is 6.79. The van der Waals surface area contributed by atoms with Gasteiger partial charge in [-0.2, -0.15) is 0 Å². The molecule has 3 rings (SSSR count). The minimum atomic E-state index is -0.610. The topological polar surface area (TPSA) is 119 Å². The summed E-state index contributed by atoms with van der Waals surface area (Å²) in [6.07, 6.45) is 3.64. The van der Waals surface area contributed by atoms with Crippen LogP contribution in [0.15, 0.2) is 41.3 Å². The monoisotopic (exact) mass is 355 g/mol. The van der Waals surface area contributed by atoms with E-state index in [9.17, 15) is 9.59 Å². The van der Waals surface area contributed by atoms with Gasteiger partial charge in [-0.1, -0.05) is 5.16 Å². The molecule has 2 amide bonds. The highest BCUT2D eigenvalue weighted by molar-refractivity contribution is 6.07. The molecule has 0 radical (unpaired) electrons. The fraction of sp³-hybridized carbons (Fsp3) is 0.235. The quantitative estimate of drug-likeness (QED) is 0.740. The molecule has 0 spiro atoms. The Bertz CT molecular complexity index is 947. The average Bonchev–Trinajstić information content (AvgIpc) is 2.96. The number of carbonyl (C=O) groups excluding carboxylic acids is 2. The van der Waals surface area contributed by atoms with E-state index in [4.69, 9.17) is 9.26 Å². The summed E-state index contributed by atoms with van der Waals surface area (Å²) < 4.78 is 10.4. The van der Waals surface area contributed by atoms with E-state index in [0.29, 0.717) is 16.7 Å². The summed E-state index contributed by atoms with van der Waals surface area (Å²) in [6.45, 7) is 5.32. The summed E-state index contributed by atoms with van der Waals surface area (Å²) in [7, 11) is 0. The smallest absolute Gasteiger partial charge is 0.412 e. The molecule has 0 aliphatic carbocycles. The van der Waals surface area contributed by atoms with Gasteiger partial charge >= 0.3 is 6.09 Å². The van der Waals surface area contributed by atoms with Crippen molar-refractivity contribution in [3.05, 3.63) is 42.5 Å². The lowest BCUT2D eigenvalue weighted by Crippen LogP contribution is -2.27. The maximum atomic E-state index is 12.2. The first-order valence-electron chi connectivity index (χ1n) is 7.79. The van der Waals surface area contributed by atoms with Crippen molar-refractivity contribution in [2.45, 2.75) is 26.4 Å². The molecule has 0 unspecified atom stereocenters. The van der Waals surface area contributed by atoms with Gasteiger partial charge < -0.3 is 14.6 Å². The third-order valence-electron chi connectivity index (χ3n) is 3.14. The number of ether oxygens (including phenoxy) is 1. The van der Waals surface area contributed by atoms with Gasteiger partial charge in [-0.25, -0.2) is 9.78 Å². The van der Waals surface area contributed by atoms with Gasteiger partial charge in [-0.05, 0) is 39.0 Å². The number of hydrogen-bond acceptors (Lipinski definition) is 7. The van der Waals surface area contributed by atoms with E-state index in [0.717, 1.165) is 0 Å². The third-order valence-corrected chi connectivity index (χ3v) is 3.14. The number of carbonyl (C=O) groups is 2. The fourth-order valence-electron chi connectivity index (χ4n) is 2.12. The first kappa shape index (κ1) is 17.3. The Hall–Kier alpha value is -3.49. The predicted octanol–water partition coefficient (Wildman–Crippen LogP) is 3.22. The lowest BCUT2D eigenvalue weighted by molar-refractivity contribution is 0.0635. The Morgan fingerprint density at radius 3 is 2.65 bits per heavy atom. The molecule has 1 aromatic carbocycles. The van der Waals surface area contributed by atoms with Crippen LogP contribution in [0.4, 0.5) is 16.3 Å². The Labute approximate surface area is 148 Å². The van der Waals surface area contributed by atoms with Crippen molar-refractivity contribution in [3.63, 3.8) is 0 Å². The standard InChI is InChI=1S/C17H17N5O4/c1-17(2,3)25-16(24)20-10-4-5-13-11(8-10)14(22-26-13)21-15(23)12-9-18-6-7-19-12/h4-9H,1-3H3,(H,20,24)(H,21,22,23). The number of fused-ring (bicyclic) bond motifs is 1. The highest BCUT2D eigenvalue weighted by Crippen LogP contribution is 2.26. The SMILES string of the molecule is CC(C)(C)OC(=O)Nc1ccc2onc(NC(=O)c3cnccn3)c2c1. The second-order valence-electron chi connectivity index (χ2n) is 6.41. The molecule has 0 saturated carbocycles. The molecule has 26 heavy (non-hydrogen) atoms. The summed E-state index contributed by atoms with van der Waals surface area (Å²) >= 11 is 0. The molecular formula is C17H17N5O4. The normalized spacial score (nSPS) is 11.2. The number of rotatable bonds is 3. The molecule has 3 aromatic rings. The Morgan fingerprint density at radius 1 is 1.15 bits per heavy atom. The fourth-order valence-corrected chi connectivity index (χ4v) is 2.12. The van der Waals surface area contributed by atoms with Crippen LogP contribution in [0.5, 0.6) is 0 Å². The maximum Gasteiger partial charge on any atom is 0.412 e. The van der Waals surface area contributed by atoms with Crippen LogP contribution >= 0.6 is 0 Å². The summed E-state index contributed by atoms with van der Waals surface area (Å²) in [5.41, 5.74) is 0.465. The van der Waals surface area contributed by atoms with Crippen LogP contribution in [-0.4, -0.2) is 32.7 Å². The van der Waals surface area contributed by atoms with Crippen LogP contribution in [0.3, 0.4) is 0 Å². The molecule has 0 aliphatic heterocycles. The number of nitrogens with one attached hydrogen (secondary N) is 2. The number of nitrogens with zero attached hydrogens (tertiary/aromatic N) is 3. The van der Waals surface area contributed by atoms with Gasteiger partial charge in [-0.3, -0.25) is 15.1 Å². The van der Waals surface area contributed by atoms with Gasteiger partial charge in [0, 0.05) is 18.1 Å². The minimum absolute atomic E-state index is 0.145. The van der Waals surface area contributed by atoms with Crippen LogP contribution < -0.4 is 10.6 Å². The zero-order chi connectivity index (χ0) is 18.7. The predicted molar refractivity (Wildman–Crippen MR) is 93.9 cm³/mol. The summed E-state index contributed by atoms with van der Waals surface area (Å²) in [5, 5.41) is 9.60. The van der Waals surface area contributed by atoms with Gasteiger partial charge in [0.1, 0.15) is 11.3 Å². The van der Waals surface area contributed by atoms with E-state index in [-0.39, 0.29) is 11.5 Å². The van der Waals surface area contributed by atoms with Crippen molar-refractivity contribution in [1.82, 2.24) is 15.1 Å². The van der Waals surface area contributed by atoms with Crippen LogP contribution in [0.25, 0.3) is 11.0 Å². The van der Waals surface area contributed by atoms with Gasteiger partial charge in [-0.15, -0.1) is 0 Å². The number of aromatic nitrogens is 3. The lowest BCUT2D eigenvalue weighted by Gasteiger charge is -2.19. The molecule has 0 aliphatic rings. The van der Waals surface area contributed by atoms with Crippen molar-refractivity contribution in [1.29, 1.82) is 0 Å². The minimum Gasteiger partial charge on any atom is -0.444 e. The van der Waals surface area contributed by atoms with Crippen molar-refractivity contribution < 1.29 is 18.8 Å². The Balaban J connectivity index is 1.80. The first-order valence-corrected chi connectivity index (χ1v) is 7.79. The molecule has 9 nitrogen and oxygen atoms in total. The van der Waals surface area contributed by atoms with Crippen LogP contribution in [-0.2, 0) is 4.74 Å². The van der Waals surface area contributed by atoms with Gasteiger partial charge in [0.05, 0.1) is 11.6 Å². The lowest BCUT2D eigenvalue weighted by atomic mass is 10.2. The average molecular weight is 355 g/mol. The van der Waals surface area contributed by atoms with Crippen LogP contribution in [0.1, 0.15) is 31.3 Å². The highest BCUT2D eigenvalue weighted by Gasteiger charge is 2.18. The summed E-state index contributed by atoms with van der Waals surface area (Å²) in [4.78, 5) is 31.9. The molecule has 0 atom stereocenters. The van der Waals surface area contributed by atoms with Crippen molar-refractivity contribution in [2.75, 3.05) is 10.6 Å². The molecule has 134 valence electrons. The van der Waals surface area contributed by atoms with Gasteiger partial charge in [0.25, 0.3) is 5.91 Å². The van der Waals surface area contributed by atoms with E-state index in [1.165, 1.54) is 18.6 Å². The number of hydrogen-bond donors (Lipinski definition) is 2.